The van der Waals surface area contributed by atoms with Crippen LogP contribution < -0.4 is 29.7 Å². The van der Waals surface area contributed by atoms with Gasteiger partial charge >= 0.3 is 0 Å². The molecule has 2 heterocycles. The van der Waals surface area contributed by atoms with Crippen molar-refractivity contribution in [2.45, 2.75) is 13.8 Å². The number of hydrogen-bond donors (Lipinski definition) is 2. The molecule has 188 valence electrons. The van der Waals surface area contributed by atoms with E-state index in [1.54, 1.807) is 46.0 Å². The highest BCUT2D eigenvalue weighted by atomic mass is 16.5. The first-order valence-corrected chi connectivity index (χ1v) is 11.5. The van der Waals surface area contributed by atoms with E-state index >= 15 is 0 Å². The van der Waals surface area contributed by atoms with E-state index in [2.05, 4.69) is 49.3 Å². The number of imidazole rings is 1. The summed E-state index contributed by atoms with van der Waals surface area (Å²) in [4.78, 5) is 20.0. The lowest BCUT2D eigenvalue weighted by atomic mass is 10.2. The maximum atomic E-state index is 5.47. The predicted molar refractivity (Wildman–Crippen MR) is 140 cm³/mol. The fourth-order valence-corrected chi connectivity index (χ4v) is 3.66. The summed E-state index contributed by atoms with van der Waals surface area (Å²) in [7, 11) is 4.71. The summed E-state index contributed by atoms with van der Waals surface area (Å²) in [5.74, 6) is 2.90. The lowest BCUT2D eigenvalue weighted by Gasteiger charge is -2.20. The van der Waals surface area contributed by atoms with Gasteiger partial charge in [-0.3, -0.25) is 0 Å². The van der Waals surface area contributed by atoms with Gasteiger partial charge in [0, 0.05) is 54.7 Å². The van der Waals surface area contributed by atoms with Gasteiger partial charge in [0.15, 0.2) is 11.5 Å². The molecule has 0 saturated heterocycles. The zero-order valence-corrected chi connectivity index (χ0v) is 21.0. The molecule has 0 fully saturated rings. The molecule has 2 aromatic carbocycles. The van der Waals surface area contributed by atoms with E-state index in [0.717, 1.165) is 24.5 Å². The quantitative estimate of drug-likeness (QED) is 0.313. The third-order valence-corrected chi connectivity index (χ3v) is 5.52. The van der Waals surface area contributed by atoms with E-state index < -0.39 is 0 Å². The molecule has 11 nitrogen and oxygen atoms in total. The highest BCUT2D eigenvalue weighted by Gasteiger charge is 2.16. The Morgan fingerprint density at radius 1 is 0.806 bits per heavy atom. The van der Waals surface area contributed by atoms with Crippen molar-refractivity contribution in [2.24, 2.45) is 0 Å². The highest BCUT2D eigenvalue weighted by Crippen LogP contribution is 2.40. The van der Waals surface area contributed by atoms with Gasteiger partial charge < -0.3 is 34.3 Å². The number of anilines is 5. The summed E-state index contributed by atoms with van der Waals surface area (Å²) < 4.78 is 18.3. The number of aromatic nitrogens is 5. The maximum Gasteiger partial charge on any atom is 0.233 e. The molecular formula is C25H30N8O3. The fourth-order valence-electron chi connectivity index (χ4n) is 3.66. The predicted octanol–water partition coefficient (Wildman–Crippen LogP) is 4.42. The van der Waals surface area contributed by atoms with Gasteiger partial charge in [-0.15, -0.1) is 0 Å². The molecule has 0 aliphatic rings. The molecule has 36 heavy (non-hydrogen) atoms. The van der Waals surface area contributed by atoms with Crippen LogP contribution in [0.4, 0.5) is 29.2 Å². The molecule has 0 aliphatic carbocycles. The van der Waals surface area contributed by atoms with Crippen molar-refractivity contribution in [3.8, 4) is 22.9 Å². The molecule has 0 bridgehead atoms. The third kappa shape index (κ3) is 5.40. The van der Waals surface area contributed by atoms with E-state index in [-0.39, 0.29) is 0 Å². The zero-order chi connectivity index (χ0) is 25.5. The molecule has 0 aliphatic heterocycles. The van der Waals surface area contributed by atoms with Crippen molar-refractivity contribution in [1.29, 1.82) is 0 Å². The molecule has 4 rings (SSSR count). The minimum atomic E-state index is 0.374. The summed E-state index contributed by atoms with van der Waals surface area (Å²) in [5.41, 5.74) is 2.52. The van der Waals surface area contributed by atoms with Crippen molar-refractivity contribution in [2.75, 3.05) is 50.0 Å². The topological polar surface area (TPSA) is 111 Å². The van der Waals surface area contributed by atoms with E-state index in [0.29, 0.717) is 40.8 Å². The van der Waals surface area contributed by atoms with Crippen LogP contribution in [0.5, 0.6) is 17.2 Å². The van der Waals surface area contributed by atoms with E-state index in [9.17, 15) is 0 Å². The van der Waals surface area contributed by atoms with Gasteiger partial charge in [0.05, 0.1) is 27.7 Å². The highest BCUT2D eigenvalue weighted by molar-refractivity contribution is 5.67. The van der Waals surface area contributed by atoms with Crippen LogP contribution in [0.2, 0.25) is 0 Å². The van der Waals surface area contributed by atoms with Crippen molar-refractivity contribution in [1.82, 2.24) is 24.5 Å². The standard InChI is InChI=1S/C25H30N8O3/c1-6-32(7-2)25-30-23(27-17-8-10-19(11-9-17)33-13-12-26-16-33)29-24(31-25)28-18-14-20(34-3)22(36-5)21(15-18)35-4/h8-16H,6-7H2,1-5H3,(H2,27,28,29,30,31). The number of nitrogens with one attached hydrogen (secondary N) is 2. The Kier molecular flexibility index (Phi) is 7.69. The molecular weight excluding hydrogens is 460 g/mol. The van der Waals surface area contributed by atoms with Crippen LogP contribution in [-0.2, 0) is 0 Å². The molecule has 2 N–H and O–H groups in total. The normalized spacial score (nSPS) is 10.6. The lowest BCUT2D eigenvalue weighted by molar-refractivity contribution is 0.324. The molecule has 0 unspecified atom stereocenters. The fraction of sp³-hybridized carbons (Fsp3) is 0.280. The minimum Gasteiger partial charge on any atom is -0.493 e. The number of nitrogens with zero attached hydrogens (tertiary/aromatic N) is 6. The summed E-state index contributed by atoms with van der Waals surface area (Å²) in [6, 6.07) is 11.5. The molecule has 11 heteroatoms. The second-order valence-electron chi connectivity index (χ2n) is 7.64. The van der Waals surface area contributed by atoms with Crippen LogP contribution in [0.3, 0.4) is 0 Å². The van der Waals surface area contributed by atoms with Gasteiger partial charge in [0.1, 0.15) is 0 Å². The number of rotatable bonds is 11. The Balaban J connectivity index is 1.65. The first-order valence-electron chi connectivity index (χ1n) is 11.5. The molecule has 0 atom stereocenters. The zero-order valence-electron chi connectivity index (χ0n) is 21.0. The number of benzene rings is 2. The number of methoxy groups -OCH3 is 3. The van der Waals surface area contributed by atoms with Crippen LogP contribution in [0, 0.1) is 0 Å². The van der Waals surface area contributed by atoms with Crippen LogP contribution >= 0.6 is 0 Å². The molecule has 0 saturated carbocycles. The first-order chi connectivity index (χ1) is 17.6. The van der Waals surface area contributed by atoms with Gasteiger partial charge in [0.25, 0.3) is 0 Å². The van der Waals surface area contributed by atoms with Crippen LogP contribution in [-0.4, -0.2) is 58.9 Å². The third-order valence-electron chi connectivity index (χ3n) is 5.52. The van der Waals surface area contributed by atoms with Gasteiger partial charge in [-0.25, -0.2) is 4.98 Å². The van der Waals surface area contributed by atoms with E-state index in [4.69, 9.17) is 14.2 Å². The molecule has 0 radical (unpaired) electrons. The summed E-state index contributed by atoms with van der Waals surface area (Å²) in [6.07, 6.45) is 5.39. The van der Waals surface area contributed by atoms with Crippen LogP contribution in [0.1, 0.15) is 13.8 Å². The largest absolute Gasteiger partial charge is 0.493 e. The second-order valence-corrected chi connectivity index (χ2v) is 7.64. The summed E-state index contributed by atoms with van der Waals surface area (Å²) >= 11 is 0. The van der Waals surface area contributed by atoms with Gasteiger partial charge in [-0.2, -0.15) is 15.0 Å². The monoisotopic (exact) mass is 490 g/mol. The second kappa shape index (κ2) is 11.3. The summed E-state index contributed by atoms with van der Waals surface area (Å²) in [6.45, 7) is 5.62. The van der Waals surface area contributed by atoms with Crippen molar-refractivity contribution in [3.05, 3.63) is 55.1 Å². The molecule has 0 amide bonds. The molecule has 4 aromatic rings. The molecule has 0 spiro atoms. The Morgan fingerprint density at radius 3 is 1.92 bits per heavy atom. The Bertz CT molecular complexity index is 1250. The van der Waals surface area contributed by atoms with Gasteiger partial charge in [-0.1, -0.05) is 0 Å². The van der Waals surface area contributed by atoms with Crippen molar-refractivity contribution >= 4 is 29.2 Å². The van der Waals surface area contributed by atoms with Crippen molar-refractivity contribution in [3.63, 3.8) is 0 Å². The minimum absolute atomic E-state index is 0.374. The van der Waals surface area contributed by atoms with Crippen LogP contribution in [0.15, 0.2) is 55.1 Å². The average Bonchev–Trinajstić information content (AvgIpc) is 3.44. The van der Waals surface area contributed by atoms with Gasteiger partial charge in [0.2, 0.25) is 23.6 Å². The van der Waals surface area contributed by atoms with Crippen molar-refractivity contribution < 1.29 is 14.2 Å². The lowest BCUT2D eigenvalue weighted by Crippen LogP contribution is -2.25. The Morgan fingerprint density at radius 2 is 1.42 bits per heavy atom. The van der Waals surface area contributed by atoms with E-state index in [1.807, 2.05) is 35.0 Å². The SMILES string of the molecule is CCN(CC)c1nc(Nc2ccc(-n3ccnc3)cc2)nc(Nc2cc(OC)c(OC)c(OC)c2)n1. The number of ether oxygens (including phenoxy) is 3. The maximum absolute atomic E-state index is 5.47. The number of hydrogen-bond acceptors (Lipinski definition) is 10. The van der Waals surface area contributed by atoms with Crippen LogP contribution in [0.25, 0.3) is 5.69 Å². The van der Waals surface area contributed by atoms with Gasteiger partial charge in [-0.05, 0) is 38.1 Å². The smallest absolute Gasteiger partial charge is 0.233 e. The van der Waals surface area contributed by atoms with E-state index in [1.165, 1.54) is 0 Å². The first kappa shape index (κ1) is 24.6. The summed E-state index contributed by atoms with van der Waals surface area (Å²) in [5, 5.41) is 6.53. The molecule has 2 aromatic heterocycles. The Labute approximate surface area is 210 Å². The Hall–Kier alpha value is -4.54. The average molecular weight is 491 g/mol.